The summed E-state index contributed by atoms with van der Waals surface area (Å²) >= 11 is 0. The Bertz CT molecular complexity index is 669. The summed E-state index contributed by atoms with van der Waals surface area (Å²) in [7, 11) is 0. The van der Waals surface area contributed by atoms with Crippen molar-refractivity contribution < 1.29 is 9.84 Å². The lowest BCUT2D eigenvalue weighted by Crippen LogP contribution is -2.03. The highest BCUT2D eigenvalue weighted by Crippen LogP contribution is 2.34. The maximum atomic E-state index is 9.45. The molecule has 0 aliphatic heterocycles. The molecule has 0 amide bonds. The van der Waals surface area contributed by atoms with E-state index in [1.165, 1.54) is 16.7 Å². The summed E-state index contributed by atoms with van der Waals surface area (Å²) in [5.41, 5.74) is 5.03. The van der Waals surface area contributed by atoms with Crippen molar-refractivity contribution in [1.29, 1.82) is 0 Å². The number of ether oxygens (including phenoxy) is 1. The molecule has 0 fully saturated rings. The number of aromatic hydroxyl groups is 1. The van der Waals surface area contributed by atoms with Crippen LogP contribution in [0.5, 0.6) is 11.5 Å². The average molecular weight is 294 g/mol. The monoisotopic (exact) mass is 294 g/mol. The predicted molar refractivity (Wildman–Crippen MR) is 90.4 cm³/mol. The number of hydrogen-bond donors (Lipinski definition) is 1. The van der Waals surface area contributed by atoms with E-state index in [2.05, 4.69) is 31.2 Å². The fourth-order valence-electron chi connectivity index (χ4n) is 2.86. The molecule has 0 heterocycles. The Labute approximate surface area is 132 Å². The van der Waals surface area contributed by atoms with Gasteiger partial charge in [-0.15, -0.1) is 0 Å². The molecule has 2 aromatic rings. The van der Waals surface area contributed by atoms with Crippen LogP contribution in [-0.2, 0) is 6.42 Å². The molecule has 0 spiro atoms. The van der Waals surface area contributed by atoms with Gasteiger partial charge in [0.1, 0.15) is 11.5 Å². The number of phenolic OH excluding ortho intramolecular Hbond substituents is 1. The van der Waals surface area contributed by atoms with Crippen LogP contribution in [0, 0.1) is 0 Å². The maximum Gasteiger partial charge on any atom is 0.119 e. The number of aryl methyl sites for hydroxylation is 1. The number of unbranched alkanes of at least 4 members (excludes halogenated alkanes) is 1. The minimum Gasteiger partial charge on any atom is -0.508 e. The Balaban J connectivity index is 1.86. The van der Waals surface area contributed by atoms with Crippen molar-refractivity contribution in [3.05, 3.63) is 65.2 Å². The highest BCUT2D eigenvalue weighted by atomic mass is 16.5. The molecule has 0 bridgehead atoms. The van der Waals surface area contributed by atoms with Gasteiger partial charge in [0.2, 0.25) is 0 Å². The number of benzene rings is 2. The van der Waals surface area contributed by atoms with Gasteiger partial charge in [0.25, 0.3) is 0 Å². The van der Waals surface area contributed by atoms with Crippen molar-refractivity contribution in [3.63, 3.8) is 0 Å². The molecule has 0 unspecified atom stereocenters. The van der Waals surface area contributed by atoms with Gasteiger partial charge in [-0.05, 0) is 65.8 Å². The summed E-state index contributed by atoms with van der Waals surface area (Å²) in [5.74, 6) is 1.28. The lowest BCUT2D eigenvalue weighted by molar-refractivity contribution is 0.309. The number of hydrogen-bond acceptors (Lipinski definition) is 2. The van der Waals surface area contributed by atoms with Crippen LogP contribution in [0.3, 0.4) is 0 Å². The highest BCUT2D eigenvalue weighted by molar-refractivity contribution is 5.83. The van der Waals surface area contributed by atoms with Crippen LogP contribution in [0.1, 0.15) is 42.9 Å². The van der Waals surface area contributed by atoms with Gasteiger partial charge in [-0.1, -0.05) is 37.6 Å². The summed E-state index contributed by atoms with van der Waals surface area (Å²) in [6.45, 7) is 2.96. The first kappa shape index (κ1) is 14.7. The van der Waals surface area contributed by atoms with E-state index in [1.807, 2.05) is 12.1 Å². The second-order valence-corrected chi connectivity index (χ2v) is 5.72. The van der Waals surface area contributed by atoms with E-state index in [0.29, 0.717) is 5.75 Å². The topological polar surface area (TPSA) is 29.5 Å². The summed E-state index contributed by atoms with van der Waals surface area (Å²) in [5, 5.41) is 9.45. The average Bonchev–Trinajstić information content (AvgIpc) is 2.55. The largest absolute Gasteiger partial charge is 0.508 e. The predicted octanol–water partition coefficient (Wildman–Crippen LogP) is 4.95. The van der Waals surface area contributed by atoms with Gasteiger partial charge in [0.15, 0.2) is 0 Å². The molecule has 0 radical (unpaired) electrons. The van der Waals surface area contributed by atoms with Gasteiger partial charge in [-0.2, -0.15) is 0 Å². The van der Waals surface area contributed by atoms with Crippen molar-refractivity contribution in [2.75, 3.05) is 6.61 Å². The lowest BCUT2D eigenvalue weighted by Gasteiger charge is -2.19. The molecule has 3 rings (SSSR count). The van der Waals surface area contributed by atoms with Gasteiger partial charge in [0, 0.05) is 0 Å². The van der Waals surface area contributed by atoms with Crippen molar-refractivity contribution in [1.82, 2.24) is 0 Å². The van der Waals surface area contributed by atoms with Gasteiger partial charge in [-0.3, -0.25) is 0 Å². The van der Waals surface area contributed by atoms with Gasteiger partial charge in [-0.25, -0.2) is 0 Å². The zero-order valence-electron chi connectivity index (χ0n) is 13.0. The molecule has 2 heteroatoms. The first-order valence-corrected chi connectivity index (χ1v) is 8.03. The van der Waals surface area contributed by atoms with E-state index in [0.717, 1.165) is 43.6 Å². The fourth-order valence-corrected chi connectivity index (χ4v) is 2.86. The summed E-state index contributed by atoms with van der Waals surface area (Å²) in [4.78, 5) is 0. The molecule has 2 nitrogen and oxygen atoms in total. The van der Waals surface area contributed by atoms with Crippen LogP contribution >= 0.6 is 0 Å². The van der Waals surface area contributed by atoms with E-state index < -0.39 is 0 Å². The molecular weight excluding hydrogens is 272 g/mol. The van der Waals surface area contributed by atoms with Crippen molar-refractivity contribution >= 4 is 5.57 Å². The second-order valence-electron chi connectivity index (χ2n) is 5.72. The van der Waals surface area contributed by atoms with E-state index >= 15 is 0 Å². The van der Waals surface area contributed by atoms with Crippen LogP contribution in [0.25, 0.3) is 5.57 Å². The summed E-state index contributed by atoms with van der Waals surface area (Å²) in [6, 6.07) is 13.8. The number of rotatable bonds is 5. The molecule has 0 atom stereocenters. The Hall–Kier alpha value is -2.22. The van der Waals surface area contributed by atoms with E-state index in [9.17, 15) is 5.11 Å². The SMILES string of the molecule is CCCCOc1ccc2c(c1)CCC=C2c1ccc(O)cc1. The Morgan fingerprint density at radius 3 is 2.68 bits per heavy atom. The highest BCUT2D eigenvalue weighted by Gasteiger charge is 2.15. The number of fused-ring (bicyclic) bond motifs is 1. The Morgan fingerprint density at radius 2 is 1.91 bits per heavy atom. The van der Waals surface area contributed by atoms with E-state index in [4.69, 9.17) is 4.74 Å². The van der Waals surface area contributed by atoms with Crippen LogP contribution in [0.2, 0.25) is 0 Å². The molecule has 0 aromatic heterocycles. The van der Waals surface area contributed by atoms with Gasteiger partial charge >= 0.3 is 0 Å². The van der Waals surface area contributed by atoms with Crippen molar-refractivity contribution in [3.8, 4) is 11.5 Å². The van der Waals surface area contributed by atoms with Crippen LogP contribution in [0.4, 0.5) is 0 Å². The molecule has 1 aliphatic rings. The normalized spacial score (nSPS) is 13.4. The molecule has 1 N–H and O–H groups in total. The van der Waals surface area contributed by atoms with Crippen LogP contribution < -0.4 is 4.74 Å². The third-order valence-corrected chi connectivity index (χ3v) is 4.07. The first-order valence-electron chi connectivity index (χ1n) is 8.03. The second kappa shape index (κ2) is 6.69. The Kier molecular flexibility index (Phi) is 4.47. The molecule has 0 saturated carbocycles. The van der Waals surface area contributed by atoms with Gasteiger partial charge in [0.05, 0.1) is 6.61 Å². The number of allylic oxidation sites excluding steroid dienone is 1. The zero-order chi connectivity index (χ0) is 15.4. The molecule has 1 aliphatic carbocycles. The van der Waals surface area contributed by atoms with Gasteiger partial charge < -0.3 is 9.84 Å². The van der Waals surface area contributed by atoms with Crippen molar-refractivity contribution in [2.45, 2.75) is 32.6 Å². The fraction of sp³-hybridized carbons (Fsp3) is 0.300. The zero-order valence-corrected chi connectivity index (χ0v) is 13.0. The standard InChI is InChI=1S/C20H22O2/c1-2-3-13-22-18-11-12-20-16(14-18)5-4-6-19(20)15-7-9-17(21)10-8-15/h6-12,14,21H,2-5,13H2,1H3. The summed E-state index contributed by atoms with van der Waals surface area (Å²) < 4.78 is 5.82. The van der Waals surface area contributed by atoms with E-state index in [1.54, 1.807) is 12.1 Å². The molecule has 0 saturated heterocycles. The molecule has 2 aromatic carbocycles. The van der Waals surface area contributed by atoms with Crippen LogP contribution in [-0.4, -0.2) is 11.7 Å². The molecule has 22 heavy (non-hydrogen) atoms. The summed E-state index contributed by atoms with van der Waals surface area (Å²) in [6.07, 6.45) is 6.63. The Morgan fingerprint density at radius 1 is 1.09 bits per heavy atom. The maximum absolute atomic E-state index is 9.45. The lowest BCUT2D eigenvalue weighted by atomic mass is 9.87. The third kappa shape index (κ3) is 3.16. The van der Waals surface area contributed by atoms with E-state index in [-0.39, 0.29) is 0 Å². The quantitative estimate of drug-likeness (QED) is 0.791. The smallest absolute Gasteiger partial charge is 0.119 e. The number of phenols is 1. The minimum absolute atomic E-state index is 0.306. The minimum atomic E-state index is 0.306. The molecule has 114 valence electrons. The molecular formula is C20H22O2. The van der Waals surface area contributed by atoms with Crippen molar-refractivity contribution in [2.24, 2.45) is 0 Å². The van der Waals surface area contributed by atoms with Crippen LogP contribution in [0.15, 0.2) is 48.5 Å². The first-order chi connectivity index (χ1) is 10.8. The third-order valence-electron chi connectivity index (χ3n) is 4.07.